The molecule has 2 heterocycles. The van der Waals surface area contributed by atoms with Gasteiger partial charge in [0.05, 0.1) is 0 Å². The van der Waals surface area contributed by atoms with Crippen LogP contribution in [0.2, 0.25) is 0 Å². The number of hydroxylamine groups is 1. The van der Waals surface area contributed by atoms with E-state index in [9.17, 15) is 9.59 Å². The third-order valence-corrected chi connectivity index (χ3v) is 6.56. The summed E-state index contributed by atoms with van der Waals surface area (Å²) < 4.78 is -0.413. The molecule has 6 heteroatoms. The van der Waals surface area contributed by atoms with Crippen LogP contribution in [0.15, 0.2) is 53.4 Å². The highest BCUT2D eigenvalue weighted by atomic mass is 32.2. The van der Waals surface area contributed by atoms with Crippen molar-refractivity contribution in [2.24, 2.45) is 0 Å². The zero-order valence-electron chi connectivity index (χ0n) is 13.6. The molecule has 25 heavy (non-hydrogen) atoms. The van der Waals surface area contributed by atoms with Crippen LogP contribution >= 0.6 is 11.8 Å². The molecule has 128 valence electrons. The van der Waals surface area contributed by atoms with E-state index in [2.05, 4.69) is 0 Å². The van der Waals surface area contributed by atoms with Crippen molar-refractivity contribution in [3.63, 3.8) is 0 Å². The van der Waals surface area contributed by atoms with Gasteiger partial charge in [-0.2, -0.15) is 0 Å². The summed E-state index contributed by atoms with van der Waals surface area (Å²) >= 11 is 1.62. The summed E-state index contributed by atoms with van der Waals surface area (Å²) in [4.78, 5) is 27.6. The first-order valence-corrected chi connectivity index (χ1v) is 9.08. The van der Waals surface area contributed by atoms with Crippen molar-refractivity contribution in [3.05, 3.63) is 59.7 Å². The number of nitrogens with one attached hydrogen (secondary N) is 1. The standard InChI is InChI=1S/C19H18N2O3S/c22-17(20-24)14-6-7-16-13(12-14)8-9-19(25-16)10-11-21(18(19)23)15-4-2-1-3-5-15/h1-7,12,24H,8-11H2,(H,20,22). The van der Waals surface area contributed by atoms with Crippen molar-refractivity contribution < 1.29 is 14.8 Å². The second-order valence-electron chi connectivity index (χ2n) is 6.40. The van der Waals surface area contributed by atoms with E-state index < -0.39 is 10.7 Å². The van der Waals surface area contributed by atoms with Gasteiger partial charge in [-0.25, -0.2) is 5.48 Å². The van der Waals surface area contributed by atoms with Gasteiger partial charge in [0, 0.05) is 22.7 Å². The van der Waals surface area contributed by atoms with Gasteiger partial charge in [0.1, 0.15) is 4.75 Å². The summed E-state index contributed by atoms with van der Waals surface area (Å²) in [6.07, 6.45) is 2.34. The lowest BCUT2D eigenvalue weighted by Gasteiger charge is -2.32. The smallest absolute Gasteiger partial charge is 0.274 e. The minimum Gasteiger partial charge on any atom is -0.311 e. The summed E-state index contributed by atoms with van der Waals surface area (Å²) in [5.74, 6) is -0.341. The predicted octanol–water partition coefficient (Wildman–Crippen LogP) is 3.02. The van der Waals surface area contributed by atoms with Gasteiger partial charge in [0.15, 0.2) is 0 Å². The van der Waals surface area contributed by atoms with E-state index in [1.165, 1.54) is 0 Å². The van der Waals surface area contributed by atoms with E-state index in [-0.39, 0.29) is 5.91 Å². The number of amides is 2. The fourth-order valence-electron chi connectivity index (χ4n) is 3.61. The zero-order chi connectivity index (χ0) is 17.4. The highest BCUT2D eigenvalue weighted by Gasteiger charge is 2.49. The van der Waals surface area contributed by atoms with Crippen molar-refractivity contribution in [2.45, 2.75) is 28.9 Å². The minimum atomic E-state index is -0.514. The lowest BCUT2D eigenvalue weighted by atomic mass is 9.95. The molecule has 0 radical (unpaired) electrons. The summed E-state index contributed by atoms with van der Waals surface area (Å²) in [5, 5.41) is 8.78. The van der Waals surface area contributed by atoms with Crippen LogP contribution in [0.1, 0.15) is 28.8 Å². The first-order chi connectivity index (χ1) is 12.1. The number of para-hydroxylation sites is 1. The number of hydrogen-bond donors (Lipinski definition) is 2. The maximum absolute atomic E-state index is 13.1. The monoisotopic (exact) mass is 354 g/mol. The van der Waals surface area contributed by atoms with Crippen LogP contribution in [-0.2, 0) is 11.2 Å². The van der Waals surface area contributed by atoms with Crippen molar-refractivity contribution in [1.29, 1.82) is 0 Å². The first kappa shape index (κ1) is 16.2. The number of nitrogens with zero attached hydrogens (tertiary/aromatic N) is 1. The number of anilines is 1. The van der Waals surface area contributed by atoms with E-state index in [0.717, 1.165) is 42.0 Å². The van der Waals surface area contributed by atoms with Crippen molar-refractivity contribution >= 4 is 29.3 Å². The lowest BCUT2D eigenvalue weighted by Crippen LogP contribution is -2.39. The van der Waals surface area contributed by atoms with Gasteiger partial charge in [-0.1, -0.05) is 18.2 Å². The molecule has 0 aliphatic carbocycles. The van der Waals surface area contributed by atoms with E-state index in [1.807, 2.05) is 41.3 Å². The molecule has 0 saturated carbocycles. The van der Waals surface area contributed by atoms with Gasteiger partial charge in [-0.05, 0) is 55.2 Å². The molecule has 1 atom stereocenters. The summed E-state index contributed by atoms with van der Waals surface area (Å²) in [6, 6.07) is 15.2. The number of carbonyl (C=O) groups excluding carboxylic acids is 2. The van der Waals surface area contributed by atoms with E-state index >= 15 is 0 Å². The Balaban J connectivity index is 1.60. The molecule has 5 nitrogen and oxygen atoms in total. The van der Waals surface area contributed by atoms with Gasteiger partial charge < -0.3 is 4.90 Å². The number of benzene rings is 2. The maximum atomic E-state index is 13.1. The average Bonchev–Trinajstić information content (AvgIpc) is 2.97. The van der Waals surface area contributed by atoms with Gasteiger partial charge in [0.2, 0.25) is 5.91 Å². The van der Waals surface area contributed by atoms with Gasteiger partial charge in [-0.3, -0.25) is 14.8 Å². The Morgan fingerprint density at radius 1 is 1.16 bits per heavy atom. The Hall–Kier alpha value is -2.31. The van der Waals surface area contributed by atoms with Gasteiger partial charge in [0.25, 0.3) is 5.91 Å². The fourth-order valence-corrected chi connectivity index (χ4v) is 5.05. The number of thioether (sulfide) groups is 1. The molecule has 1 saturated heterocycles. The quantitative estimate of drug-likeness (QED) is 0.642. The molecular weight excluding hydrogens is 336 g/mol. The van der Waals surface area contributed by atoms with Crippen molar-refractivity contribution in [3.8, 4) is 0 Å². The third kappa shape index (κ3) is 2.71. The summed E-state index contributed by atoms with van der Waals surface area (Å²) in [5.41, 5.74) is 4.10. The minimum absolute atomic E-state index is 0.173. The number of hydrogen-bond acceptors (Lipinski definition) is 4. The molecule has 2 aromatic rings. The van der Waals surface area contributed by atoms with E-state index in [4.69, 9.17) is 5.21 Å². The Morgan fingerprint density at radius 3 is 2.72 bits per heavy atom. The Bertz CT molecular complexity index is 840. The topological polar surface area (TPSA) is 69.6 Å². The highest BCUT2D eigenvalue weighted by molar-refractivity contribution is 8.01. The fraction of sp³-hybridized carbons (Fsp3) is 0.263. The molecule has 1 spiro atoms. The Morgan fingerprint density at radius 2 is 1.96 bits per heavy atom. The van der Waals surface area contributed by atoms with E-state index in [1.54, 1.807) is 29.4 Å². The summed E-state index contributed by atoms with van der Waals surface area (Å²) in [6.45, 7) is 0.732. The number of fused-ring (bicyclic) bond motifs is 1. The second kappa shape index (κ2) is 6.20. The third-order valence-electron chi connectivity index (χ3n) is 4.97. The maximum Gasteiger partial charge on any atom is 0.274 e. The van der Waals surface area contributed by atoms with Gasteiger partial charge in [-0.15, -0.1) is 11.8 Å². The second-order valence-corrected chi connectivity index (χ2v) is 7.83. The van der Waals surface area contributed by atoms with Crippen LogP contribution in [-0.4, -0.2) is 28.3 Å². The average molecular weight is 354 g/mol. The SMILES string of the molecule is O=C(NO)c1ccc2c(c1)CCC1(CCN(c3ccccc3)C1=O)S2. The van der Waals surface area contributed by atoms with Crippen LogP contribution in [0.3, 0.4) is 0 Å². The highest BCUT2D eigenvalue weighted by Crippen LogP contribution is 2.49. The first-order valence-electron chi connectivity index (χ1n) is 8.26. The van der Waals surface area contributed by atoms with Crippen molar-refractivity contribution in [2.75, 3.05) is 11.4 Å². The van der Waals surface area contributed by atoms with Crippen LogP contribution < -0.4 is 10.4 Å². The lowest BCUT2D eigenvalue weighted by molar-refractivity contribution is -0.119. The van der Waals surface area contributed by atoms with Crippen LogP contribution in [0.25, 0.3) is 0 Å². The molecule has 4 rings (SSSR count). The molecule has 1 fully saturated rings. The van der Waals surface area contributed by atoms with Crippen molar-refractivity contribution in [1.82, 2.24) is 5.48 Å². The van der Waals surface area contributed by atoms with Crippen LogP contribution in [0, 0.1) is 0 Å². The molecule has 2 aliphatic heterocycles. The number of carbonyl (C=O) groups is 2. The Kier molecular flexibility index (Phi) is 4.01. The normalized spacial score (nSPS) is 22.1. The summed E-state index contributed by atoms with van der Waals surface area (Å²) in [7, 11) is 0. The molecular formula is C19H18N2O3S. The molecule has 2 amide bonds. The molecule has 2 aliphatic rings. The molecule has 0 bridgehead atoms. The molecule has 0 aromatic heterocycles. The molecule has 2 N–H and O–H groups in total. The van der Waals surface area contributed by atoms with E-state index in [0.29, 0.717) is 5.56 Å². The number of aryl methyl sites for hydroxylation is 1. The van der Waals surface area contributed by atoms with Gasteiger partial charge >= 0.3 is 0 Å². The largest absolute Gasteiger partial charge is 0.311 e. The zero-order valence-corrected chi connectivity index (χ0v) is 14.4. The predicted molar refractivity (Wildman–Crippen MR) is 96.0 cm³/mol. The number of rotatable bonds is 2. The Labute approximate surface area is 150 Å². The molecule has 1 unspecified atom stereocenters. The van der Waals surface area contributed by atoms with Crippen LogP contribution in [0.5, 0.6) is 0 Å². The van der Waals surface area contributed by atoms with Crippen LogP contribution in [0.4, 0.5) is 5.69 Å². The molecule has 2 aromatic carbocycles.